The second kappa shape index (κ2) is 4.85. The normalized spacial score (nSPS) is 13.6. The first kappa shape index (κ1) is 14.9. The molecule has 8 heteroatoms. The molecule has 3 nitrogen and oxygen atoms in total. The van der Waals surface area contributed by atoms with Crippen LogP contribution in [0.5, 0.6) is 0 Å². The smallest absolute Gasteiger partial charge is 0.260 e. The molecule has 1 aromatic carbocycles. The highest BCUT2D eigenvalue weighted by atomic mass is 32.2. The molecule has 0 saturated heterocycles. The summed E-state index contributed by atoms with van der Waals surface area (Å²) in [4.78, 5) is -0.375. The highest BCUT2D eigenvalue weighted by molar-refractivity contribution is 7.86. The Bertz CT molecular complexity index is 494. The molecule has 1 aromatic rings. The maximum atomic E-state index is 12.8. The maximum Gasteiger partial charge on any atom is 0.334 e. The molecule has 0 saturated carbocycles. The van der Waals surface area contributed by atoms with E-state index in [0.29, 0.717) is 0 Å². The summed E-state index contributed by atoms with van der Waals surface area (Å²) in [5.74, 6) is -8.92. The van der Waals surface area contributed by atoms with Crippen molar-refractivity contribution in [2.75, 3.05) is 6.61 Å². The number of benzene rings is 1. The summed E-state index contributed by atoms with van der Waals surface area (Å²) >= 11 is 0. The predicted octanol–water partition coefficient (Wildman–Crippen LogP) is 2.68. The van der Waals surface area contributed by atoms with Crippen LogP contribution in [0.1, 0.15) is 6.92 Å². The lowest BCUT2D eigenvalue weighted by atomic mass is 10.2. The van der Waals surface area contributed by atoms with E-state index in [2.05, 4.69) is 4.18 Å². The summed E-state index contributed by atoms with van der Waals surface area (Å²) in [5, 5.41) is 0. The van der Waals surface area contributed by atoms with Crippen LogP contribution in [0.2, 0.25) is 0 Å². The van der Waals surface area contributed by atoms with Gasteiger partial charge in [0.2, 0.25) is 0 Å². The minimum Gasteiger partial charge on any atom is -0.260 e. The van der Waals surface area contributed by atoms with Gasteiger partial charge in [-0.1, -0.05) is 18.2 Å². The molecular formula is C10H10F4O3S. The first-order valence-electron chi connectivity index (χ1n) is 4.76. The predicted molar refractivity (Wildman–Crippen MR) is 55.1 cm³/mol. The summed E-state index contributed by atoms with van der Waals surface area (Å²) in [6.07, 6.45) is 0. The Balaban J connectivity index is 2.82. The standard InChI is InChI=1S/C10H10F4O3S/c1-9(11,12)10(13,14)7-17-18(15,16)8-5-3-2-4-6-8/h2-6H,7H2,1H3. The van der Waals surface area contributed by atoms with Crippen LogP contribution >= 0.6 is 0 Å². The van der Waals surface area contributed by atoms with Gasteiger partial charge in [-0.3, -0.25) is 4.18 Å². The van der Waals surface area contributed by atoms with Gasteiger partial charge >= 0.3 is 11.8 Å². The number of halogens is 4. The zero-order valence-corrected chi connectivity index (χ0v) is 10.1. The van der Waals surface area contributed by atoms with Gasteiger partial charge in [-0.15, -0.1) is 0 Å². The lowest BCUT2D eigenvalue weighted by Gasteiger charge is -2.22. The van der Waals surface area contributed by atoms with Crippen molar-refractivity contribution in [3.8, 4) is 0 Å². The van der Waals surface area contributed by atoms with E-state index in [4.69, 9.17) is 0 Å². The van der Waals surface area contributed by atoms with E-state index >= 15 is 0 Å². The maximum absolute atomic E-state index is 12.8. The molecule has 0 aliphatic carbocycles. The van der Waals surface area contributed by atoms with Crippen LogP contribution in [0.15, 0.2) is 35.2 Å². The van der Waals surface area contributed by atoms with Crippen molar-refractivity contribution < 1.29 is 30.2 Å². The molecule has 1 rings (SSSR count). The summed E-state index contributed by atoms with van der Waals surface area (Å²) in [7, 11) is -4.47. The van der Waals surface area contributed by atoms with Crippen LogP contribution in [-0.2, 0) is 14.3 Å². The van der Waals surface area contributed by atoms with Crippen LogP contribution < -0.4 is 0 Å². The fourth-order valence-corrected chi connectivity index (χ4v) is 1.86. The largest absolute Gasteiger partial charge is 0.334 e. The van der Waals surface area contributed by atoms with Crippen LogP contribution in [-0.4, -0.2) is 26.9 Å². The van der Waals surface area contributed by atoms with Crippen molar-refractivity contribution >= 4 is 10.1 Å². The quantitative estimate of drug-likeness (QED) is 0.617. The van der Waals surface area contributed by atoms with Gasteiger partial charge in [0.15, 0.2) is 0 Å². The molecule has 0 spiro atoms. The van der Waals surface area contributed by atoms with E-state index in [-0.39, 0.29) is 11.8 Å². The molecule has 0 amide bonds. The topological polar surface area (TPSA) is 43.4 Å². The summed E-state index contributed by atoms with van der Waals surface area (Å²) < 4.78 is 77.3. The summed E-state index contributed by atoms with van der Waals surface area (Å²) in [5.41, 5.74) is 0. The van der Waals surface area contributed by atoms with Crippen LogP contribution in [0, 0.1) is 0 Å². The SMILES string of the molecule is CC(F)(F)C(F)(F)COS(=O)(=O)c1ccccc1. The number of hydrogen-bond donors (Lipinski definition) is 0. The van der Waals surface area contributed by atoms with Crippen molar-refractivity contribution in [3.05, 3.63) is 30.3 Å². The third-order valence-electron chi connectivity index (χ3n) is 2.07. The second-order valence-electron chi connectivity index (χ2n) is 3.62. The zero-order chi connectivity index (χ0) is 14.0. The number of hydrogen-bond acceptors (Lipinski definition) is 3. The first-order valence-corrected chi connectivity index (χ1v) is 6.17. The van der Waals surface area contributed by atoms with Crippen LogP contribution in [0.25, 0.3) is 0 Å². The number of rotatable bonds is 5. The third kappa shape index (κ3) is 3.42. The molecule has 0 unspecified atom stereocenters. The zero-order valence-electron chi connectivity index (χ0n) is 9.24. The Morgan fingerprint density at radius 2 is 1.61 bits per heavy atom. The molecule has 0 radical (unpaired) electrons. The molecule has 0 fully saturated rings. The molecule has 102 valence electrons. The van der Waals surface area contributed by atoms with Gasteiger partial charge in [0.05, 0.1) is 4.90 Å². The Morgan fingerprint density at radius 3 is 2.06 bits per heavy atom. The average molecular weight is 286 g/mol. The molecule has 18 heavy (non-hydrogen) atoms. The molecule has 0 atom stereocenters. The molecule has 0 aliphatic heterocycles. The Labute approximate surface area is 102 Å². The summed E-state index contributed by atoms with van der Waals surface area (Å²) in [6.45, 7) is -1.92. The van der Waals surface area contributed by atoms with Crippen molar-refractivity contribution in [1.82, 2.24) is 0 Å². The van der Waals surface area contributed by atoms with Crippen molar-refractivity contribution in [1.29, 1.82) is 0 Å². The minimum absolute atomic E-state index is 0.00844. The van der Waals surface area contributed by atoms with E-state index in [1.54, 1.807) is 0 Å². The Hall–Kier alpha value is -1.15. The second-order valence-corrected chi connectivity index (χ2v) is 5.24. The lowest BCUT2D eigenvalue weighted by molar-refractivity contribution is -0.210. The van der Waals surface area contributed by atoms with Gasteiger partial charge in [-0.05, 0) is 12.1 Å². The van der Waals surface area contributed by atoms with Gasteiger partial charge < -0.3 is 0 Å². The van der Waals surface area contributed by atoms with Gasteiger partial charge in [0.1, 0.15) is 6.61 Å². The molecular weight excluding hydrogens is 276 g/mol. The summed E-state index contributed by atoms with van der Waals surface area (Å²) in [6, 6.07) is 6.43. The molecule has 0 aliphatic rings. The fourth-order valence-electron chi connectivity index (χ4n) is 0.934. The van der Waals surface area contributed by atoms with Crippen molar-refractivity contribution in [2.24, 2.45) is 0 Å². The number of alkyl halides is 4. The van der Waals surface area contributed by atoms with E-state index in [1.807, 2.05) is 0 Å². The monoisotopic (exact) mass is 286 g/mol. The minimum atomic E-state index is -4.56. The van der Waals surface area contributed by atoms with Crippen LogP contribution in [0.4, 0.5) is 17.6 Å². The fraction of sp³-hybridized carbons (Fsp3) is 0.400. The van der Waals surface area contributed by atoms with Crippen molar-refractivity contribution in [2.45, 2.75) is 23.7 Å². The van der Waals surface area contributed by atoms with Crippen LogP contribution in [0.3, 0.4) is 0 Å². The van der Waals surface area contributed by atoms with Gasteiger partial charge in [0.25, 0.3) is 10.1 Å². The molecule has 0 heterocycles. The third-order valence-corrected chi connectivity index (χ3v) is 3.35. The van der Waals surface area contributed by atoms with E-state index < -0.39 is 28.6 Å². The first-order chi connectivity index (χ1) is 8.06. The van der Waals surface area contributed by atoms with Gasteiger partial charge in [-0.2, -0.15) is 17.2 Å². The molecule has 0 aromatic heterocycles. The van der Waals surface area contributed by atoms with E-state index in [1.165, 1.54) is 18.2 Å². The lowest BCUT2D eigenvalue weighted by Crippen LogP contribution is -2.42. The Kier molecular flexibility index (Phi) is 4.02. The highest BCUT2D eigenvalue weighted by Crippen LogP contribution is 2.34. The Morgan fingerprint density at radius 1 is 1.11 bits per heavy atom. The molecule has 0 bridgehead atoms. The highest BCUT2D eigenvalue weighted by Gasteiger charge is 2.53. The van der Waals surface area contributed by atoms with Crippen molar-refractivity contribution in [3.63, 3.8) is 0 Å². The van der Waals surface area contributed by atoms with E-state index in [0.717, 1.165) is 12.1 Å². The van der Waals surface area contributed by atoms with Gasteiger partial charge in [0, 0.05) is 6.92 Å². The van der Waals surface area contributed by atoms with Gasteiger partial charge in [-0.25, -0.2) is 8.78 Å². The van der Waals surface area contributed by atoms with E-state index in [9.17, 15) is 26.0 Å². The average Bonchev–Trinajstić information content (AvgIpc) is 2.26. The molecule has 0 N–H and O–H groups in total.